The number of likely N-dealkylation sites (N-methyl/N-ethyl adjacent to an activating group) is 1. The molecular weight excluding hydrogens is 234 g/mol. The van der Waals surface area contributed by atoms with E-state index in [2.05, 4.69) is 21.3 Å². The van der Waals surface area contributed by atoms with Crippen molar-refractivity contribution in [2.75, 3.05) is 25.1 Å². The van der Waals surface area contributed by atoms with Crippen molar-refractivity contribution >= 4 is 16.7 Å². The van der Waals surface area contributed by atoms with Crippen LogP contribution in [-0.4, -0.2) is 35.7 Å². The highest BCUT2D eigenvalue weighted by molar-refractivity contribution is 7.09. The molecule has 94 valence electrons. The van der Waals surface area contributed by atoms with Crippen LogP contribution in [0.2, 0.25) is 0 Å². The van der Waals surface area contributed by atoms with Crippen LogP contribution < -0.4 is 4.90 Å². The van der Waals surface area contributed by atoms with Crippen LogP contribution in [0.15, 0.2) is 0 Å². The second-order valence-corrected chi connectivity index (χ2v) is 5.81. The van der Waals surface area contributed by atoms with Gasteiger partial charge < -0.3 is 9.64 Å². The predicted octanol–water partition coefficient (Wildman–Crippen LogP) is 2.42. The molecule has 0 amide bonds. The summed E-state index contributed by atoms with van der Waals surface area (Å²) in [6.45, 7) is 1.86. The number of hydrogen-bond acceptors (Lipinski definition) is 5. The van der Waals surface area contributed by atoms with Gasteiger partial charge in [-0.3, -0.25) is 0 Å². The van der Waals surface area contributed by atoms with Gasteiger partial charge in [0.25, 0.3) is 0 Å². The molecule has 4 nitrogen and oxygen atoms in total. The fourth-order valence-corrected chi connectivity index (χ4v) is 2.94. The van der Waals surface area contributed by atoms with E-state index in [1.807, 2.05) is 0 Å². The molecule has 0 aromatic carbocycles. The van der Waals surface area contributed by atoms with Crippen molar-refractivity contribution in [1.82, 2.24) is 9.36 Å². The van der Waals surface area contributed by atoms with Crippen LogP contribution in [0.25, 0.3) is 0 Å². The standard InChI is InChI=1S/C12H19N3OS/c1-15(8-10-4-2-3-7-16-10)12-13-11(14-17-12)9-5-6-9/h9-10H,2-8H2,1H3. The first-order valence-electron chi connectivity index (χ1n) is 6.49. The summed E-state index contributed by atoms with van der Waals surface area (Å²) in [6.07, 6.45) is 6.60. The van der Waals surface area contributed by atoms with Gasteiger partial charge in [-0.15, -0.1) is 0 Å². The molecule has 2 fully saturated rings. The lowest BCUT2D eigenvalue weighted by atomic mass is 10.1. The van der Waals surface area contributed by atoms with Crippen LogP contribution in [0.3, 0.4) is 0 Å². The van der Waals surface area contributed by atoms with E-state index >= 15 is 0 Å². The van der Waals surface area contributed by atoms with E-state index in [1.165, 1.54) is 43.6 Å². The van der Waals surface area contributed by atoms with E-state index in [4.69, 9.17) is 4.74 Å². The summed E-state index contributed by atoms with van der Waals surface area (Å²) in [5.41, 5.74) is 0. The Labute approximate surface area is 106 Å². The molecule has 1 aromatic heterocycles. The zero-order valence-corrected chi connectivity index (χ0v) is 11.1. The second kappa shape index (κ2) is 4.90. The number of rotatable bonds is 4. The van der Waals surface area contributed by atoms with Crippen molar-refractivity contribution in [3.05, 3.63) is 5.82 Å². The number of hydrogen-bond donors (Lipinski definition) is 0. The summed E-state index contributed by atoms with van der Waals surface area (Å²) in [4.78, 5) is 6.81. The number of aromatic nitrogens is 2. The molecule has 1 aliphatic carbocycles. The first kappa shape index (κ1) is 11.4. The first-order valence-corrected chi connectivity index (χ1v) is 7.26. The summed E-state index contributed by atoms with van der Waals surface area (Å²) in [5.74, 6) is 1.71. The molecule has 1 aromatic rings. The smallest absolute Gasteiger partial charge is 0.205 e. The van der Waals surface area contributed by atoms with Crippen molar-refractivity contribution in [1.29, 1.82) is 0 Å². The summed E-state index contributed by atoms with van der Waals surface area (Å²) >= 11 is 1.52. The van der Waals surface area contributed by atoms with Crippen LogP contribution in [0.4, 0.5) is 5.13 Å². The highest BCUT2D eigenvalue weighted by Gasteiger charge is 2.28. The predicted molar refractivity (Wildman–Crippen MR) is 68.7 cm³/mol. The topological polar surface area (TPSA) is 38.2 Å². The van der Waals surface area contributed by atoms with Gasteiger partial charge >= 0.3 is 0 Å². The highest BCUT2D eigenvalue weighted by atomic mass is 32.1. The largest absolute Gasteiger partial charge is 0.376 e. The van der Waals surface area contributed by atoms with Crippen molar-refractivity contribution < 1.29 is 4.74 Å². The average molecular weight is 253 g/mol. The van der Waals surface area contributed by atoms with Crippen molar-refractivity contribution in [2.45, 2.75) is 44.1 Å². The number of nitrogens with zero attached hydrogens (tertiary/aromatic N) is 3. The summed E-state index contributed by atoms with van der Waals surface area (Å²) in [5, 5.41) is 1.04. The zero-order chi connectivity index (χ0) is 11.7. The molecule has 1 saturated heterocycles. The van der Waals surface area contributed by atoms with Gasteiger partial charge in [-0.2, -0.15) is 4.37 Å². The van der Waals surface area contributed by atoms with E-state index < -0.39 is 0 Å². The van der Waals surface area contributed by atoms with Gasteiger partial charge in [0.2, 0.25) is 5.13 Å². The van der Waals surface area contributed by atoms with Gasteiger partial charge in [0.15, 0.2) is 0 Å². The normalized spacial score (nSPS) is 24.9. The lowest BCUT2D eigenvalue weighted by Crippen LogP contribution is -2.33. The fraction of sp³-hybridized carbons (Fsp3) is 0.833. The van der Waals surface area contributed by atoms with Gasteiger partial charge in [0, 0.05) is 37.6 Å². The summed E-state index contributed by atoms with van der Waals surface area (Å²) in [6, 6.07) is 0. The van der Waals surface area contributed by atoms with Crippen LogP contribution in [0.5, 0.6) is 0 Å². The van der Waals surface area contributed by atoms with E-state index in [-0.39, 0.29) is 0 Å². The molecule has 2 heterocycles. The minimum absolute atomic E-state index is 0.377. The van der Waals surface area contributed by atoms with Gasteiger partial charge in [-0.05, 0) is 32.1 Å². The first-order chi connectivity index (χ1) is 8.33. The molecule has 5 heteroatoms. The lowest BCUT2D eigenvalue weighted by molar-refractivity contribution is 0.0216. The Kier molecular flexibility index (Phi) is 3.29. The van der Waals surface area contributed by atoms with E-state index in [0.29, 0.717) is 12.0 Å². The number of ether oxygens (including phenoxy) is 1. The Hall–Kier alpha value is -0.680. The third kappa shape index (κ3) is 2.77. The Morgan fingerprint density at radius 2 is 2.24 bits per heavy atom. The third-order valence-corrected chi connectivity index (χ3v) is 4.30. The maximum Gasteiger partial charge on any atom is 0.205 e. The molecule has 17 heavy (non-hydrogen) atoms. The van der Waals surface area contributed by atoms with Crippen LogP contribution in [0, 0.1) is 0 Å². The van der Waals surface area contributed by atoms with E-state index in [0.717, 1.165) is 24.1 Å². The Morgan fingerprint density at radius 3 is 2.94 bits per heavy atom. The summed E-state index contributed by atoms with van der Waals surface area (Å²) in [7, 11) is 2.09. The van der Waals surface area contributed by atoms with Gasteiger partial charge in [0.05, 0.1) is 6.10 Å². The molecule has 3 rings (SSSR count). The molecule has 0 radical (unpaired) electrons. The number of anilines is 1. The maximum absolute atomic E-state index is 5.75. The highest BCUT2D eigenvalue weighted by Crippen LogP contribution is 2.39. The fourth-order valence-electron chi connectivity index (χ4n) is 2.22. The quantitative estimate of drug-likeness (QED) is 0.826. The zero-order valence-electron chi connectivity index (χ0n) is 10.3. The molecular formula is C12H19N3OS. The average Bonchev–Trinajstić information content (AvgIpc) is 3.08. The SMILES string of the molecule is CN(CC1CCCCO1)c1nc(C2CC2)ns1. The second-order valence-electron chi connectivity index (χ2n) is 5.08. The molecule has 1 aliphatic heterocycles. The van der Waals surface area contributed by atoms with Gasteiger partial charge in [-0.25, -0.2) is 4.98 Å². The Bertz CT molecular complexity index is 372. The molecule has 1 unspecified atom stereocenters. The Morgan fingerprint density at radius 1 is 1.35 bits per heavy atom. The molecule has 0 bridgehead atoms. The molecule has 1 saturated carbocycles. The third-order valence-electron chi connectivity index (χ3n) is 3.45. The van der Waals surface area contributed by atoms with Crippen LogP contribution >= 0.6 is 11.5 Å². The van der Waals surface area contributed by atoms with E-state index in [1.54, 1.807) is 0 Å². The van der Waals surface area contributed by atoms with E-state index in [9.17, 15) is 0 Å². The summed E-state index contributed by atoms with van der Waals surface area (Å²) < 4.78 is 10.2. The minimum Gasteiger partial charge on any atom is -0.376 e. The van der Waals surface area contributed by atoms with Crippen molar-refractivity contribution in [3.63, 3.8) is 0 Å². The van der Waals surface area contributed by atoms with Gasteiger partial charge in [0.1, 0.15) is 5.82 Å². The van der Waals surface area contributed by atoms with Crippen molar-refractivity contribution in [3.8, 4) is 0 Å². The Balaban J connectivity index is 1.57. The molecule has 0 spiro atoms. The van der Waals surface area contributed by atoms with Crippen LogP contribution in [0.1, 0.15) is 43.8 Å². The minimum atomic E-state index is 0.377. The van der Waals surface area contributed by atoms with Gasteiger partial charge in [-0.1, -0.05) is 0 Å². The van der Waals surface area contributed by atoms with Crippen molar-refractivity contribution in [2.24, 2.45) is 0 Å². The molecule has 0 N–H and O–H groups in total. The maximum atomic E-state index is 5.75. The molecule has 1 atom stereocenters. The van der Waals surface area contributed by atoms with Crippen LogP contribution in [-0.2, 0) is 4.74 Å². The molecule has 2 aliphatic rings. The lowest BCUT2D eigenvalue weighted by Gasteiger charge is -2.26. The monoisotopic (exact) mass is 253 g/mol.